The zero-order valence-electron chi connectivity index (χ0n) is 18.8. The van der Waals surface area contributed by atoms with Gasteiger partial charge < -0.3 is 4.90 Å². The fraction of sp³-hybridized carbons (Fsp3) is 0.231. The normalized spacial score (nSPS) is 15.6. The maximum atomic E-state index is 13.4. The monoisotopic (exact) mass is 438 g/mol. The molecule has 0 N–H and O–H groups in total. The molecule has 7 nitrogen and oxygen atoms in total. The van der Waals surface area contributed by atoms with E-state index in [-0.39, 0.29) is 11.9 Å². The molecule has 1 saturated heterocycles. The molecule has 4 heterocycles. The van der Waals surface area contributed by atoms with E-state index in [0.29, 0.717) is 5.82 Å². The van der Waals surface area contributed by atoms with Crippen molar-refractivity contribution in [1.29, 1.82) is 0 Å². The molecular formula is C26H26N6O. The zero-order valence-corrected chi connectivity index (χ0v) is 18.8. The smallest absolute Gasteiger partial charge is 0.250 e. The molecule has 0 spiro atoms. The molecule has 166 valence electrons. The Kier molecular flexibility index (Phi) is 5.60. The number of nitrogens with zero attached hydrogens (tertiary/aromatic N) is 6. The van der Waals surface area contributed by atoms with Crippen molar-refractivity contribution in [3.05, 3.63) is 79.4 Å². The van der Waals surface area contributed by atoms with Crippen molar-refractivity contribution in [3.8, 4) is 22.4 Å². The lowest BCUT2D eigenvalue weighted by molar-refractivity contribution is -0.119. The summed E-state index contributed by atoms with van der Waals surface area (Å²) in [4.78, 5) is 26.0. The van der Waals surface area contributed by atoms with Gasteiger partial charge in [0.15, 0.2) is 0 Å². The minimum atomic E-state index is -0.197. The topological polar surface area (TPSA) is 67.2 Å². The van der Waals surface area contributed by atoms with Gasteiger partial charge in [0.2, 0.25) is 0 Å². The minimum Gasteiger partial charge on any atom is -0.360 e. The van der Waals surface area contributed by atoms with Crippen molar-refractivity contribution >= 4 is 17.4 Å². The number of carbonyl (C=O) groups is 1. The van der Waals surface area contributed by atoms with E-state index >= 15 is 0 Å². The van der Waals surface area contributed by atoms with Gasteiger partial charge >= 0.3 is 0 Å². The van der Waals surface area contributed by atoms with Crippen molar-refractivity contribution in [2.45, 2.75) is 18.9 Å². The standard InChI is InChI=1S/C26H26N6O/c1-30(25-12-9-21(18-28-25)20-5-3-14-27-17-20)26(33)24-6-4-16-32(24)22-10-7-19(8-11-22)23-13-15-29-31(23)2/h3,5,7-15,17-18,24H,4,6,16H2,1-2H3/t24-/m0/s1. The van der Waals surface area contributed by atoms with E-state index < -0.39 is 0 Å². The van der Waals surface area contributed by atoms with Crippen LogP contribution in [-0.2, 0) is 11.8 Å². The molecule has 3 aromatic heterocycles. The van der Waals surface area contributed by atoms with Crippen molar-refractivity contribution < 1.29 is 4.79 Å². The predicted molar refractivity (Wildman–Crippen MR) is 130 cm³/mol. The number of rotatable bonds is 5. The number of pyridine rings is 2. The lowest BCUT2D eigenvalue weighted by Gasteiger charge is -2.29. The number of carbonyl (C=O) groups excluding carboxylic acids is 1. The van der Waals surface area contributed by atoms with Gasteiger partial charge in [0, 0.05) is 62.2 Å². The molecule has 4 aromatic rings. The van der Waals surface area contributed by atoms with Crippen LogP contribution >= 0.6 is 0 Å². The molecule has 1 aliphatic heterocycles. The quantitative estimate of drug-likeness (QED) is 0.468. The van der Waals surface area contributed by atoms with E-state index in [4.69, 9.17) is 0 Å². The Hall–Kier alpha value is -4.00. The van der Waals surface area contributed by atoms with Crippen LogP contribution in [0.15, 0.2) is 79.4 Å². The van der Waals surface area contributed by atoms with Crippen molar-refractivity contribution in [2.75, 3.05) is 23.4 Å². The van der Waals surface area contributed by atoms with Gasteiger partial charge in [0.25, 0.3) is 5.91 Å². The summed E-state index contributed by atoms with van der Waals surface area (Å²) in [5.41, 5.74) is 5.21. The van der Waals surface area contributed by atoms with E-state index in [9.17, 15) is 4.79 Å². The number of hydrogen-bond acceptors (Lipinski definition) is 5. The summed E-state index contributed by atoms with van der Waals surface area (Å²) in [7, 11) is 3.74. The molecule has 0 bridgehead atoms. The zero-order chi connectivity index (χ0) is 22.8. The van der Waals surface area contributed by atoms with Gasteiger partial charge in [-0.1, -0.05) is 18.2 Å². The molecule has 0 saturated carbocycles. The molecule has 1 amide bonds. The first-order valence-electron chi connectivity index (χ1n) is 11.1. The molecular weight excluding hydrogens is 412 g/mol. The third-order valence-corrected chi connectivity index (χ3v) is 6.27. The summed E-state index contributed by atoms with van der Waals surface area (Å²) < 4.78 is 1.86. The maximum Gasteiger partial charge on any atom is 0.250 e. The van der Waals surface area contributed by atoms with Crippen LogP contribution in [0.4, 0.5) is 11.5 Å². The fourth-order valence-electron chi connectivity index (χ4n) is 4.44. The second-order valence-corrected chi connectivity index (χ2v) is 8.28. The second-order valence-electron chi connectivity index (χ2n) is 8.28. The van der Waals surface area contributed by atoms with Crippen molar-refractivity contribution in [2.24, 2.45) is 7.05 Å². The van der Waals surface area contributed by atoms with Crippen LogP contribution in [0.2, 0.25) is 0 Å². The Morgan fingerprint density at radius 3 is 2.42 bits per heavy atom. The second kappa shape index (κ2) is 8.86. The highest BCUT2D eigenvalue weighted by molar-refractivity contribution is 5.98. The van der Waals surface area contributed by atoms with Gasteiger partial charge in [-0.05, 0) is 54.8 Å². The Morgan fingerprint density at radius 1 is 0.970 bits per heavy atom. The fourth-order valence-corrected chi connectivity index (χ4v) is 4.44. The number of anilines is 2. The Labute approximate surface area is 193 Å². The van der Waals surface area contributed by atoms with E-state index in [0.717, 1.165) is 47.5 Å². The average molecular weight is 439 g/mol. The third-order valence-electron chi connectivity index (χ3n) is 6.27. The predicted octanol–water partition coefficient (Wildman–Crippen LogP) is 4.18. The van der Waals surface area contributed by atoms with Crippen LogP contribution in [0.5, 0.6) is 0 Å². The number of benzene rings is 1. The molecule has 1 aliphatic rings. The summed E-state index contributed by atoms with van der Waals surface area (Å²) in [5, 5.41) is 4.25. The number of aryl methyl sites for hydroxylation is 1. The van der Waals surface area contributed by atoms with Gasteiger partial charge in [0.05, 0.1) is 5.69 Å². The molecule has 5 rings (SSSR count). The number of aromatic nitrogens is 4. The van der Waals surface area contributed by atoms with E-state index in [1.165, 1.54) is 0 Å². The summed E-state index contributed by atoms with van der Waals surface area (Å²) in [6.45, 7) is 0.864. The number of likely N-dealkylation sites (N-methyl/N-ethyl adjacent to an activating group) is 1. The van der Waals surface area contributed by atoms with Gasteiger partial charge in [-0.3, -0.25) is 19.4 Å². The summed E-state index contributed by atoms with van der Waals surface area (Å²) >= 11 is 0. The maximum absolute atomic E-state index is 13.4. The number of amides is 1. The summed E-state index contributed by atoms with van der Waals surface area (Å²) in [6, 6.07) is 17.9. The first-order valence-corrected chi connectivity index (χ1v) is 11.1. The van der Waals surface area contributed by atoms with Crippen molar-refractivity contribution in [1.82, 2.24) is 19.7 Å². The third kappa shape index (κ3) is 4.09. The van der Waals surface area contributed by atoms with Gasteiger partial charge in [-0.25, -0.2) is 4.98 Å². The lowest BCUT2D eigenvalue weighted by Crippen LogP contribution is -2.44. The van der Waals surface area contributed by atoms with E-state index in [2.05, 4.69) is 44.2 Å². The van der Waals surface area contributed by atoms with Gasteiger partial charge in [-0.2, -0.15) is 5.10 Å². The SMILES string of the molecule is CN(C(=O)[C@@H]1CCCN1c1ccc(-c2ccnn2C)cc1)c1ccc(-c2cccnc2)cn1. The van der Waals surface area contributed by atoms with Crippen LogP contribution in [0.3, 0.4) is 0 Å². The highest BCUT2D eigenvalue weighted by atomic mass is 16.2. The van der Waals surface area contributed by atoms with Gasteiger partial charge in [-0.15, -0.1) is 0 Å². The molecule has 0 radical (unpaired) electrons. The molecule has 1 aromatic carbocycles. The summed E-state index contributed by atoms with van der Waals surface area (Å²) in [5.74, 6) is 0.705. The van der Waals surface area contributed by atoms with Crippen molar-refractivity contribution in [3.63, 3.8) is 0 Å². The molecule has 1 fully saturated rings. The highest BCUT2D eigenvalue weighted by Gasteiger charge is 2.33. The molecule has 0 unspecified atom stereocenters. The number of hydrogen-bond donors (Lipinski definition) is 0. The Bertz CT molecular complexity index is 1230. The largest absolute Gasteiger partial charge is 0.360 e. The minimum absolute atomic E-state index is 0.0600. The average Bonchev–Trinajstić information content (AvgIpc) is 3.53. The first kappa shape index (κ1) is 20.9. The van der Waals surface area contributed by atoms with E-state index in [1.54, 1.807) is 30.5 Å². The van der Waals surface area contributed by atoms with Crippen LogP contribution < -0.4 is 9.80 Å². The molecule has 33 heavy (non-hydrogen) atoms. The van der Waals surface area contributed by atoms with E-state index in [1.807, 2.05) is 48.3 Å². The lowest BCUT2D eigenvalue weighted by atomic mass is 10.1. The van der Waals surface area contributed by atoms with Crippen LogP contribution in [0, 0.1) is 0 Å². The van der Waals surface area contributed by atoms with Crippen LogP contribution in [0.25, 0.3) is 22.4 Å². The Balaban J connectivity index is 1.32. The summed E-state index contributed by atoms with van der Waals surface area (Å²) in [6.07, 6.45) is 8.96. The van der Waals surface area contributed by atoms with Gasteiger partial charge in [0.1, 0.15) is 11.9 Å². The van der Waals surface area contributed by atoms with Crippen LogP contribution in [0.1, 0.15) is 12.8 Å². The molecule has 7 heteroatoms. The van der Waals surface area contributed by atoms with Crippen LogP contribution in [-0.4, -0.2) is 45.3 Å². The molecule has 0 aliphatic carbocycles. The first-order chi connectivity index (χ1) is 16.1. The highest BCUT2D eigenvalue weighted by Crippen LogP contribution is 2.30. The Morgan fingerprint density at radius 2 is 1.76 bits per heavy atom. The molecule has 1 atom stereocenters.